The van der Waals surface area contributed by atoms with E-state index in [-0.39, 0.29) is 5.91 Å². The van der Waals surface area contributed by atoms with Crippen molar-refractivity contribution in [1.29, 1.82) is 0 Å². The lowest BCUT2D eigenvalue weighted by atomic mass is 10.2. The van der Waals surface area contributed by atoms with Crippen LogP contribution >= 0.6 is 23.1 Å². The van der Waals surface area contributed by atoms with Crippen molar-refractivity contribution in [2.24, 2.45) is 0 Å². The molecule has 0 saturated heterocycles. The van der Waals surface area contributed by atoms with Crippen LogP contribution in [0.15, 0.2) is 34.7 Å². The number of rotatable bonds is 8. The van der Waals surface area contributed by atoms with E-state index in [2.05, 4.69) is 22.4 Å². The number of nitrogens with zero attached hydrogens (tertiary/aromatic N) is 3. The fourth-order valence-electron chi connectivity index (χ4n) is 1.75. The molecule has 0 saturated carbocycles. The number of hydrogen-bond acceptors (Lipinski definition) is 6. The average Bonchev–Trinajstić information content (AvgIpc) is 2.99. The van der Waals surface area contributed by atoms with Crippen molar-refractivity contribution in [3.63, 3.8) is 0 Å². The lowest BCUT2D eigenvalue weighted by molar-refractivity contribution is -0.127. The van der Waals surface area contributed by atoms with Gasteiger partial charge >= 0.3 is 0 Å². The van der Waals surface area contributed by atoms with E-state index in [9.17, 15) is 4.79 Å². The quantitative estimate of drug-likeness (QED) is 0.751. The molecular formula is C15H20N4OS2. The standard InChI is InChI=1S/C15H20N4OS2/c1-3-9-16-14-17-18-15(22-14)21-11-13(20)19(2)10-12-7-5-4-6-8-12/h4-8H,3,9-11H2,1-2H3,(H,16,17). The first-order valence-corrected chi connectivity index (χ1v) is 8.97. The molecule has 0 atom stereocenters. The Morgan fingerprint density at radius 2 is 2.09 bits per heavy atom. The molecular weight excluding hydrogens is 316 g/mol. The molecule has 1 heterocycles. The lowest BCUT2D eigenvalue weighted by Gasteiger charge is -2.16. The molecule has 1 amide bonds. The van der Waals surface area contributed by atoms with Gasteiger partial charge in [-0.15, -0.1) is 10.2 Å². The third-order valence-corrected chi connectivity index (χ3v) is 4.94. The Labute approximate surface area is 139 Å². The molecule has 0 aliphatic carbocycles. The van der Waals surface area contributed by atoms with E-state index in [4.69, 9.17) is 0 Å². The Hall–Kier alpha value is -1.60. The normalized spacial score (nSPS) is 10.5. The summed E-state index contributed by atoms with van der Waals surface area (Å²) < 4.78 is 0.820. The molecule has 7 heteroatoms. The summed E-state index contributed by atoms with van der Waals surface area (Å²) in [6.07, 6.45) is 1.05. The van der Waals surface area contributed by atoms with Crippen molar-refractivity contribution in [3.8, 4) is 0 Å². The van der Waals surface area contributed by atoms with Gasteiger partial charge in [0.05, 0.1) is 5.75 Å². The maximum atomic E-state index is 12.1. The second-order valence-electron chi connectivity index (χ2n) is 4.82. The van der Waals surface area contributed by atoms with Crippen LogP contribution in [-0.2, 0) is 11.3 Å². The Bertz CT molecular complexity index is 588. The number of amides is 1. The summed E-state index contributed by atoms with van der Waals surface area (Å²) in [5.74, 6) is 0.471. The van der Waals surface area contributed by atoms with Gasteiger partial charge in [-0.2, -0.15) is 0 Å². The Balaban J connectivity index is 1.78. The van der Waals surface area contributed by atoms with Crippen LogP contribution in [0.2, 0.25) is 0 Å². The molecule has 22 heavy (non-hydrogen) atoms. The van der Waals surface area contributed by atoms with Crippen LogP contribution in [0.4, 0.5) is 5.13 Å². The van der Waals surface area contributed by atoms with E-state index >= 15 is 0 Å². The molecule has 0 aliphatic rings. The number of carbonyl (C=O) groups excluding carboxylic acids is 1. The molecule has 0 unspecified atom stereocenters. The SMILES string of the molecule is CCCNc1nnc(SCC(=O)N(C)Cc2ccccc2)s1. The van der Waals surface area contributed by atoms with Crippen LogP contribution in [0.1, 0.15) is 18.9 Å². The van der Waals surface area contributed by atoms with E-state index < -0.39 is 0 Å². The van der Waals surface area contributed by atoms with Crippen molar-refractivity contribution in [3.05, 3.63) is 35.9 Å². The highest BCUT2D eigenvalue weighted by atomic mass is 32.2. The van der Waals surface area contributed by atoms with Gasteiger partial charge in [-0.25, -0.2) is 0 Å². The van der Waals surface area contributed by atoms with E-state index in [1.54, 1.807) is 4.90 Å². The number of carbonyl (C=O) groups is 1. The average molecular weight is 336 g/mol. The minimum absolute atomic E-state index is 0.0899. The Morgan fingerprint density at radius 3 is 2.82 bits per heavy atom. The van der Waals surface area contributed by atoms with Gasteiger partial charge in [0.15, 0.2) is 4.34 Å². The fraction of sp³-hybridized carbons (Fsp3) is 0.400. The summed E-state index contributed by atoms with van der Waals surface area (Å²) in [5, 5.41) is 12.1. The van der Waals surface area contributed by atoms with Crippen LogP contribution in [0.3, 0.4) is 0 Å². The second kappa shape index (κ2) is 8.75. The molecule has 2 aromatic rings. The smallest absolute Gasteiger partial charge is 0.233 e. The zero-order valence-corrected chi connectivity index (χ0v) is 14.4. The molecule has 5 nitrogen and oxygen atoms in total. The molecule has 1 aromatic heterocycles. The monoisotopic (exact) mass is 336 g/mol. The van der Waals surface area contributed by atoms with Crippen molar-refractivity contribution in [2.75, 3.05) is 24.7 Å². The van der Waals surface area contributed by atoms with Gasteiger partial charge in [0.1, 0.15) is 0 Å². The Morgan fingerprint density at radius 1 is 1.32 bits per heavy atom. The zero-order valence-electron chi connectivity index (χ0n) is 12.8. The molecule has 0 spiro atoms. The molecule has 0 bridgehead atoms. The second-order valence-corrected chi connectivity index (χ2v) is 7.02. The van der Waals surface area contributed by atoms with Gasteiger partial charge in [0.2, 0.25) is 11.0 Å². The molecule has 1 N–H and O–H groups in total. The van der Waals surface area contributed by atoms with E-state index in [1.807, 2.05) is 37.4 Å². The minimum atomic E-state index is 0.0899. The number of benzene rings is 1. The summed E-state index contributed by atoms with van der Waals surface area (Å²) >= 11 is 2.92. The molecule has 0 radical (unpaired) electrons. The lowest BCUT2D eigenvalue weighted by Crippen LogP contribution is -2.27. The van der Waals surface area contributed by atoms with Gasteiger partial charge in [-0.1, -0.05) is 60.4 Å². The number of aromatic nitrogens is 2. The maximum Gasteiger partial charge on any atom is 0.233 e. The summed E-state index contributed by atoms with van der Waals surface area (Å²) in [4.78, 5) is 13.9. The Kier molecular flexibility index (Phi) is 6.67. The molecule has 0 fully saturated rings. The van der Waals surface area contributed by atoms with Crippen LogP contribution < -0.4 is 5.32 Å². The topological polar surface area (TPSA) is 58.1 Å². The van der Waals surface area contributed by atoms with Crippen molar-refractivity contribution < 1.29 is 4.79 Å². The predicted octanol–water partition coefficient (Wildman–Crippen LogP) is 3.11. The summed E-state index contributed by atoms with van der Waals surface area (Å²) in [7, 11) is 1.82. The summed E-state index contributed by atoms with van der Waals surface area (Å²) in [6.45, 7) is 3.61. The number of thioether (sulfide) groups is 1. The first-order valence-electron chi connectivity index (χ1n) is 7.17. The van der Waals surface area contributed by atoms with Gasteiger partial charge < -0.3 is 10.2 Å². The van der Waals surface area contributed by atoms with Crippen molar-refractivity contribution in [2.45, 2.75) is 24.2 Å². The third-order valence-electron chi connectivity index (χ3n) is 2.94. The van der Waals surface area contributed by atoms with Crippen LogP contribution in [0, 0.1) is 0 Å². The van der Waals surface area contributed by atoms with Gasteiger partial charge in [0, 0.05) is 20.1 Å². The summed E-state index contributed by atoms with van der Waals surface area (Å²) in [6, 6.07) is 9.98. The van der Waals surface area contributed by atoms with Gasteiger partial charge in [0.25, 0.3) is 0 Å². The minimum Gasteiger partial charge on any atom is -0.360 e. The van der Waals surface area contributed by atoms with Crippen LogP contribution in [0.25, 0.3) is 0 Å². The zero-order chi connectivity index (χ0) is 15.8. The van der Waals surface area contributed by atoms with Gasteiger partial charge in [-0.05, 0) is 12.0 Å². The number of anilines is 1. The van der Waals surface area contributed by atoms with E-state index in [0.717, 1.165) is 28.0 Å². The van der Waals surface area contributed by atoms with E-state index in [1.165, 1.54) is 23.1 Å². The van der Waals surface area contributed by atoms with E-state index in [0.29, 0.717) is 12.3 Å². The van der Waals surface area contributed by atoms with Crippen LogP contribution in [0.5, 0.6) is 0 Å². The van der Waals surface area contributed by atoms with Crippen molar-refractivity contribution >= 4 is 34.1 Å². The molecule has 118 valence electrons. The van der Waals surface area contributed by atoms with Crippen LogP contribution in [-0.4, -0.2) is 40.3 Å². The number of hydrogen-bond donors (Lipinski definition) is 1. The highest BCUT2D eigenvalue weighted by Gasteiger charge is 2.12. The highest BCUT2D eigenvalue weighted by molar-refractivity contribution is 8.01. The first-order chi connectivity index (χ1) is 10.7. The van der Waals surface area contributed by atoms with Crippen molar-refractivity contribution in [1.82, 2.24) is 15.1 Å². The fourth-order valence-corrected chi connectivity index (χ4v) is 3.47. The molecule has 1 aromatic carbocycles. The highest BCUT2D eigenvalue weighted by Crippen LogP contribution is 2.25. The predicted molar refractivity (Wildman–Crippen MR) is 92.3 cm³/mol. The van der Waals surface area contributed by atoms with Gasteiger partial charge in [-0.3, -0.25) is 4.79 Å². The number of nitrogens with one attached hydrogen (secondary N) is 1. The summed E-state index contributed by atoms with van der Waals surface area (Å²) in [5.41, 5.74) is 1.13. The molecule has 0 aliphatic heterocycles. The first kappa shape index (κ1) is 16.8. The molecule has 2 rings (SSSR count). The largest absolute Gasteiger partial charge is 0.360 e. The maximum absolute atomic E-state index is 12.1. The third kappa shape index (κ3) is 5.31.